The number of hydrogen-bond acceptors (Lipinski definition) is 5. The van der Waals surface area contributed by atoms with E-state index >= 15 is 0 Å². The third-order valence-corrected chi connectivity index (χ3v) is 4.15. The minimum absolute atomic E-state index is 0.280. The zero-order chi connectivity index (χ0) is 18.9. The molecule has 0 aliphatic carbocycles. The maximum absolute atomic E-state index is 12.5. The number of rotatable bonds is 9. The summed E-state index contributed by atoms with van der Waals surface area (Å²) in [7, 11) is 0. The van der Waals surface area contributed by atoms with E-state index < -0.39 is 0 Å². The van der Waals surface area contributed by atoms with Gasteiger partial charge >= 0.3 is 0 Å². The van der Waals surface area contributed by atoms with Crippen LogP contribution in [-0.2, 0) is 0 Å². The van der Waals surface area contributed by atoms with Gasteiger partial charge in [-0.2, -0.15) is 0 Å². The van der Waals surface area contributed by atoms with Gasteiger partial charge in [0.15, 0.2) is 5.69 Å². The average molecular weight is 365 g/mol. The highest BCUT2D eigenvalue weighted by Gasteiger charge is 2.16. The first-order valence-electron chi connectivity index (χ1n) is 9.20. The zero-order valence-electron chi connectivity index (χ0n) is 15.4. The molecule has 0 spiro atoms. The van der Waals surface area contributed by atoms with Crippen LogP contribution in [0.4, 0.5) is 5.82 Å². The monoisotopic (exact) mass is 365 g/mol. The van der Waals surface area contributed by atoms with Gasteiger partial charge in [-0.05, 0) is 41.0 Å². The van der Waals surface area contributed by atoms with Crippen LogP contribution in [0.1, 0.15) is 43.0 Å². The van der Waals surface area contributed by atoms with Gasteiger partial charge in [0.2, 0.25) is 5.82 Å². The first-order chi connectivity index (χ1) is 13.3. The Bertz CT molecular complexity index is 845. The number of amides is 1. The van der Waals surface area contributed by atoms with E-state index in [1.54, 1.807) is 24.3 Å². The molecule has 0 saturated heterocycles. The first kappa shape index (κ1) is 18.6. The number of nitrogens with zero attached hydrogens (tertiary/aromatic N) is 2. The van der Waals surface area contributed by atoms with E-state index in [0.717, 1.165) is 17.7 Å². The molecule has 0 radical (unpaired) electrons. The summed E-state index contributed by atoms with van der Waals surface area (Å²) in [6, 6.07) is 16.5. The van der Waals surface area contributed by atoms with Crippen molar-refractivity contribution in [2.45, 2.75) is 32.6 Å². The molecule has 0 fully saturated rings. The largest absolute Gasteiger partial charge is 0.494 e. The molecule has 3 aromatic rings. The number of ether oxygens (including phenoxy) is 1. The Balaban J connectivity index is 1.58. The van der Waals surface area contributed by atoms with Crippen molar-refractivity contribution in [1.82, 2.24) is 10.3 Å². The van der Waals surface area contributed by atoms with Gasteiger partial charge in [0, 0.05) is 11.1 Å². The highest BCUT2D eigenvalue weighted by atomic mass is 16.6. The van der Waals surface area contributed by atoms with E-state index in [1.165, 1.54) is 19.3 Å². The van der Waals surface area contributed by atoms with Crippen molar-refractivity contribution in [2.75, 3.05) is 11.9 Å². The zero-order valence-corrected chi connectivity index (χ0v) is 15.4. The summed E-state index contributed by atoms with van der Waals surface area (Å²) < 4.78 is 10.5. The van der Waals surface area contributed by atoms with Crippen LogP contribution in [0.25, 0.3) is 11.3 Å². The molecule has 3 rings (SSSR count). The smallest absolute Gasteiger partial charge is 0.256 e. The van der Waals surface area contributed by atoms with Gasteiger partial charge in [-0.15, -0.1) is 0 Å². The Labute approximate surface area is 158 Å². The Hall–Kier alpha value is -3.15. The normalized spacial score (nSPS) is 10.6. The third-order valence-electron chi connectivity index (χ3n) is 4.15. The number of benzene rings is 2. The second-order valence-corrected chi connectivity index (χ2v) is 6.22. The SMILES string of the molecule is CCCCCCOc1ccc(C(=O)Nc2nonc2-c2ccccc2)cc1. The molecule has 1 amide bonds. The van der Waals surface area contributed by atoms with Gasteiger partial charge in [-0.25, -0.2) is 4.63 Å². The Morgan fingerprint density at radius 1 is 1.00 bits per heavy atom. The molecule has 27 heavy (non-hydrogen) atoms. The van der Waals surface area contributed by atoms with E-state index in [-0.39, 0.29) is 5.91 Å². The van der Waals surface area contributed by atoms with Crippen LogP contribution >= 0.6 is 0 Å². The van der Waals surface area contributed by atoms with Crippen LogP contribution < -0.4 is 10.1 Å². The van der Waals surface area contributed by atoms with Crippen LogP contribution in [0.5, 0.6) is 5.75 Å². The van der Waals surface area contributed by atoms with E-state index in [9.17, 15) is 4.79 Å². The summed E-state index contributed by atoms with van der Waals surface area (Å²) in [4.78, 5) is 12.5. The standard InChI is InChI=1S/C21H23N3O3/c1-2-3-4-8-15-26-18-13-11-17(12-14-18)21(25)22-20-19(23-27-24-20)16-9-6-5-7-10-16/h5-7,9-14H,2-4,8,15H2,1H3,(H,22,24,25). The van der Waals surface area contributed by atoms with Crippen LogP contribution in [0.15, 0.2) is 59.2 Å². The van der Waals surface area contributed by atoms with E-state index in [2.05, 4.69) is 22.6 Å². The molecule has 0 bridgehead atoms. The molecule has 6 heteroatoms. The van der Waals surface area contributed by atoms with Crippen molar-refractivity contribution in [3.05, 3.63) is 60.2 Å². The summed E-state index contributed by atoms with van der Waals surface area (Å²) in [6.07, 6.45) is 4.64. The molecular formula is C21H23N3O3. The molecule has 0 saturated carbocycles. The second kappa shape index (κ2) is 9.52. The fourth-order valence-electron chi connectivity index (χ4n) is 2.66. The predicted octanol–water partition coefficient (Wildman–Crippen LogP) is 4.95. The van der Waals surface area contributed by atoms with Gasteiger partial charge in [0.1, 0.15) is 5.75 Å². The van der Waals surface area contributed by atoms with Crippen molar-refractivity contribution in [2.24, 2.45) is 0 Å². The molecule has 0 unspecified atom stereocenters. The minimum atomic E-state index is -0.280. The third kappa shape index (κ3) is 5.17. The van der Waals surface area contributed by atoms with Crippen molar-refractivity contribution < 1.29 is 14.2 Å². The van der Waals surface area contributed by atoms with Crippen LogP contribution in [0.3, 0.4) is 0 Å². The number of unbranched alkanes of at least 4 members (excludes halogenated alkanes) is 3. The second-order valence-electron chi connectivity index (χ2n) is 6.22. The number of carbonyl (C=O) groups excluding carboxylic acids is 1. The summed E-state index contributed by atoms with van der Waals surface area (Å²) in [5.41, 5.74) is 1.83. The van der Waals surface area contributed by atoms with E-state index in [0.29, 0.717) is 23.7 Å². The number of nitrogens with one attached hydrogen (secondary N) is 1. The predicted molar refractivity (Wildman–Crippen MR) is 104 cm³/mol. The first-order valence-corrected chi connectivity index (χ1v) is 9.20. The topological polar surface area (TPSA) is 77.2 Å². The van der Waals surface area contributed by atoms with Crippen molar-refractivity contribution in [3.63, 3.8) is 0 Å². The maximum atomic E-state index is 12.5. The van der Waals surface area contributed by atoms with Crippen molar-refractivity contribution in [3.8, 4) is 17.0 Å². The molecule has 0 aliphatic rings. The van der Waals surface area contributed by atoms with E-state index in [4.69, 9.17) is 9.37 Å². The Morgan fingerprint density at radius 3 is 2.52 bits per heavy atom. The van der Waals surface area contributed by atoms with Gasteiger partial charge in [-0.1, -0.05) is 56.5 Å². The molecule has 1 heterocycles. The van der Waals surface area contributed by atoms with E-state index in [1.807, 2.05) is 30.3 Å². The van der Waals surface area contributed by atoms with Crippen LogP contribution in [-0.4, -0.2) is 22.8 Å². The van der Waals surface area contributed by atoms with Crippen molar-refractivity contribution >= 4 is 11.7 Å². The lowest BCUT2D eigenvalue weighted by Crippen LogP contribution is -2.12. The molecule has 140 valence electrons. The van der Waals surface area contributed by atoms with Gasteiger partial charge in [0.25, 0.3) is 5.91 Å². The number of aromatic nitrogens is 2. The number of carbonyl (C=O) groups is 1. The fourth-order valence-corrected chi connectivity index (χ4v) is 2.66. The fraction of sp³-hybridized carbons (Fsp3) is 0.286. The Kier molecular flexibility index (Phi) is 6.57. The molecule has 0 atom stereocenters. The lowest BCUT2D eigenvalue weighted by atomic mass is 10.1. The summed E-state index contributed by atoms with van der Waals surface area (Å²) >= 11 is 0. The average Bonchev–Trinajstić information content (AvgIpc) is 3.17. The van der Waals surface area contributed by atoms with Gasteiger partial charge < -0.3 is 10.1 Å². The molecular weight excluding hydrogens is 342 g/mol. The van der Waals surface area contributed by atoms with Gasteiger partial charge in [0.05, 0.1) is 6.61 Å². The van der Waals surface area contributed by atoms with Crippen molar-refractivity contribution in [1.29, 1.82) is 0 Å². The number of anilines is 1. The molecule has 6 nitrogen and oxygen atoms in total. The quantitative estimate of drug-likeness (QED) is 0.543. The van der Waals surface area contributed by atoms with Crippen LogP contribution in [0.2, 0.25) is 0 Å². The van der Waals surface area contributed by atoms with Gasteiger partial charge in [-0.3, -0.25) is 4.79 Å². The summed E-state index contributed by atoms with van der Waals surface area (Å²) in [5.74, 6) is 0.774. The summed E-state index contributed by atoms with van der Waals surface area (Å²) in [6.45, 7) is 2.87. The lowest BCUT2D eigenvalue weighted by Gasteiger charge is -2.07. The molecule has 1 N–H and O–H groups in total. The highest BCUT2D eigenvalue weighted by molar-refractivity contribution is 6.05. The summed E-state index contributed by atoms with van der Waals surface area (Å²) in [5, 5.41) is 10.4. The Morgan fingerprint density at radius 2 is 1.78 bits per heavy atom. The molecule has 2 aromatic carbocycles. The lowest BCUT2D eigenvalue weighted by molar-refractivity contribution is 0.102. The maximum Gasteiger partial charge on any atom is 0.256 e. The molecule has 0 aliphatic heterocycles. The number of hydrogen-bond donors (Lipinski definition) is 1. The molecule has 1 aromatic heterocycles. The van der Waals surface area contributed by atoms with Crippen LogP contribution in [0, 0.1) is 0 Å². The minimum Gasteiger partial charge on any atom is -0.494 e. The highest BCUT2D eigenvalue weighted by Crippen LogP contribution is 2.24.